The predicted molar refractivity (Wildman–Crippen MR) is 104 cm³/mol. The van der Waals surface area contributed by atoms with Crippen LogP contribution in [0.4, 0.5) is 0 Å². The van der Waals surface area contributed by atoms with Crippen LogP contribution in [0.1, 0.15) is 54.6 Å². The highest BCUT2D eigenvalue weighted by atomic mass is 16.2. The minimum atomic E-state index is -0.566. The number of likely N-dealkylation sites (tertiary alicyclic amines) is 1. The van der Waals surface area contributed by atoms with E-state index in [2.05, 4.69) is 30.1 Å². The molecule has 7 heteroatoms. The van der Waals surface area contributed by atoms with E-state index in [0.717, 1.165) is 37.2 Å². The van der Waals surface area contributed by atoms with E-state index in [-0.39, 0.29) is 35.6 Å². The number of nitrogens with one attached hydrogen (secondary N) is 1. The van der Waals surface area contributed by atoms with Gasteiger partial charge in [-0.25, -0.2) is 0 Å². The van der Waals surface area contributed by atoms with Crippen molar-refractivity contribution >= 4 is 17.7 Å². The highest BCUT2D eigenvalue weighted by Gasteiger charge is 2.39. The molecule has 2 fully saturated rings. The fourth-order valence-electron chi connectivity index (χ4n) is 4.35. The summed E-state index contributed by atoms with van der Waals surface area (Å²) in [4.78, 5) is 40.4. The number of nitrogens with zero attached hydrogens (tertiary/aromatic N) is 2. The van der Waals surface area contributed by atoms with Gasteiger partial charge in [-0.2, -0.15) is 0 Å². The molecule has 4 rings (SSSR count). The first-order valence-corrected chi connectivity index (χ1v) is 9.99. The molecule has 3 heterocycles. The number of rotatable bonds is 3. The van der Waals surface area contributed by atoms with E-state index >= 15 is 0 Å². The van der Waals surface area contributed by atoms with Crippen LogP contribution in [0.3, 0.4) is 0 Å². The average Bonchev–Trinajstić information content (AvgIpc) is 2.95. The number of carbonyl (C=O) groups excluding carboxylic acids is 3. The van der Waals surface area contributed by atoms with E-state index in [1.807, 2.05) is 12.1 Å². The molecular weight excluding hydrogens is 356 g/mol. The van der Waals surface area contributed by atoms with E-state index in [0.29, 0.717) is 18.5 Å². The van der Waals surface area contributed by atoms with E-state index < -0.39 is 6.04 Å². The van der Waals surface area contributed by atoms with Crippen molar-refractivity contribution in [1.82, 2.24) is 15.1 Å². The van der Waals surface area contributed by atoms with E-state index in [1.165, 1.54) is 0 Å². The second-order valence-electron chi connectivity index (χ2n) is 8.97. The summed E-state index contributed by atoms with van der Waals surface area (Å²) in [6, 6.07) is 5.58. The lowest BCUT2D eigenvalue weighted by Crippen LogP contribution is -2.52. The summed E-state index contributed by atoms with van der Waals surface area (Å²) in [5.41, 5.74) is 9.18. The highest BCUT2D eigenvalue weighted by molar-refractivity contribution is 6.05. The summed E-state index contributed by atoms with van der Waals surface area (Å²) < 4.78 is 0. The topological polar surface area (TPSA) is 95.7 Å². The van der Waals surface area contributed by atoms with Crippen molar-refractivity contribution in [1.29, 1.82) is 0 Å². The molecule has 0 bridgehead atoms. The summed E-state index contributed by atoms with van der Waals surface area (Å²) in [7, 11) is 0. The largest absolute Gasteiger partial charge is 0.326 e. The van der Waals surface area contributed by atoms with Gasteiger partial charge in [0.2, 0.25) is 11.8 Å². The molecule has 1 aromatic rings. The van der Waals surface area contributed by atoms with Crippen molar-refractivity contribution in [2.75, 3.05) is 13.1 Å². The SMILES string of the molecule is CC1(C)CCN(Cc2ccc3c(c2)C(=O)N(C2CCC(=O)NC2=O)C3)CC1N. The fourth-order valence-corrected chi connectivity index (χ4v) is 4.35. The molecule has 28 heavy (non-hydrogen) atoms. The number of piperidine rings is 2. The second-order valence-corrected chi connectivity index (χ2v) is 8.97. The third-order valence-electron chi connectivity index (χ3n) is 6.53. The van der Waals surface area contributed by atoms with Crippen LogP contribution in [0, 0.1) is 5.41 Å². The maximum absolute atomic E-state index is 12.9. The maximum atomic E-state index is 12.9. The molecule has 3 aliphatic rings. The van der Waals surface area contributed by atoms with E-state index in [4.69, 9.17) is 5.73 Å². The van der Waals surface area contributed by atoms with Crippen molar-refractivity contribution in [2.45, 2.75) is 58.3 Å². The Labute approximate surface area is 165 Å². The zero-order valence-corrected chi connectivity index (χ0v) is 16.5. The Bertz CT molecular complexity index is 835. The van der Waals surface area contributed by atoms with Crippen LogP contribution in [0.15, 0.2) is 18.2 Å². The first kappa shape index (κ1) is 19.1. The molecule has 0 aliphatic carbocycles. The van der Waals surface area contributed by atoms with Crippen LogP contribution in [-0.2, 0) is 22.7 Å². The quantitative estimate of drug-likeness (QED) is 0.758. The molecule has 2 unspecified atom stereocenters. The van der Waals surface area contributed by atoms with Crippen molar-refractivity contribution in [2.24, 2.45) is 11.1 Å². The molecule has 1 aromatic carbocycles. The average molecular weight is 384 g/mol. The third-order valence-corrected chi connectivity index (χ3v) is 6.53. The molecule has 2 saturated heterocycles. The molecule has 150 valence electrons. The molecule has 0 aromatic heterocycles. The van der Waals surface area contributed by atoms with Gasteiger partial charge in [0.15, 0.2) is 0 Å². The lowest BCUT2D eigenvalue weighted by atomic mass is 9.78. The smallest absolute Gasteiger partial charge is 0.255 e. The van der Waals surface area contributed by atoms with Gasteiger partial charge in [0.25, 0.3) is 5.91 Å². The molecule has 0 radical (unpaired) electrons. The number of benzene rings is 1. The third kappa shape index (κ3) is 3.44. The Morgan fingerprint density at radius 2 is 2.04 bits per heavy atom. The number of carbonyl (C=O) groups is 3. The summed E-state index contributed by atoms with van der Waals surface area (Å²) in [5.74, 6) is -0.763. The lowest BCUT2D eigenvalue weighted by molar-refractivity contribution is -0.136. The van der Waals surface area contributed by atoms with Crippen molar-refractivity contribution < 1.29 is 14.4 Å². The van der Waals surface area contributed by atoms with Crippen LogP contribution >= 0.6 is 0 Å². The normalized spacial score (nSPS) is 27.7. The van der Waals surface area contributed by atoms with Gasteiger partial charge in [0.1, 0.15) is 6.04 Å². The van der Waals surface area contributed by atoms with Crippen molar-refractivity contribution in [3.8, 4) is 0 Å². The Balaban J connectivity index is 1.46. The standard InChI is InChI=1S/C21H28N4O3/c1-21(2)7-8-24(12-17(21)22)10-13-3-4-14-11-25(20(28)15(14)9-13)16-5-6-18(26)23-19(16)27/h3-4,9,16-17H,5-8,10-12,22H2,1-2H3,(H,23,26,27). The number of amides is 3. The van der Waals surface area contributed by atoms with Gasteiger partial charge in [0, 0.05) is 37.7 Å². The summed E-state index contributed by atoms with van der Waals surface area (Å²) >= 11 is 0. The predicted octanol–water partition coefficient (Wildman–Crippen LogP) is 1.01. The second kappa shape index (κ2) is 6.97. The number of imide groups is 1. The summed E-state index contributed by atoms with van der Waals surface area (Å²) in [5, 5.41) is 2.34. The van der Waals surface area contributed by atoms with Crippen LogP contribution in [0.5, 0.6) is 0 Å². The molecule has 3 N–H and O–H groups in total. The first-order valence-electron chi connectivity index (χ1n) is 9.99. The first-order chi connectivity index (χ1) is 13.2. The lowest BCUT2D eigenvalue weighted by Gasteiger charge is -2.42. The molecule has 3 aliphatic heterocycles. The van der Waals surface area contributed by atoms with Gasteiger partial charge in [-0.3, -0.25) is 24.6 Å². The minimum Gasteiger partial charge on any atom is -0.326 e. The molecular formula is C21H28N4O3. The molecule has 7 nitrogen and oxygen atoms in total. The number of fused-ring (bicyclic) bond motifs is 1. The zero-order valence-electron chi connectivity index (χ0n) is 16.5. The Morgan fingerprint density at radius 1 is 1.25 bits per heavy atom. The van der Waals surface area contributed by atoms with Gasteiger partial charge in [0.05, 0.1) is 0 Å². The minimum absolute atomic E-state index is 0.122. The summed E-state index contributed by atoms with van der Waals surface area (Å²) in [6.07, 6.45) is 1.72. The van der Waals surface area contributed by atoms with Crippen LogP contribution in [-0.4, -0.2) is 52.7 Å². The Morgan fingerprint density at radius 3 is 2.75 bits per heavy atom. The van der Waals surface area contributed by atoms with E-state index in [1.54, 1.807) is 4.90 Å². The van der Waals surface area contributed by atoms with Gasteiger partial charge >= 0.3 is 0 Å². The molecule has 0 saturated carbocycles. The van der Waals surface area contributed by atoms with Crippen LogP contribution in [0.2, 0.25) is 0 Å². The Hall–Kier alpha value is -2.25. The summed E-state index contributed by atoms with van der Waals surface area (Å²) in [6.45, 7) is 7.46. The van der Waals surface area contributed by atoms with Crippen LogP contribution in [0.25, 0.3) is 0 Å². The molecule has 0 spiro atoms. The molecule has 2 atom stereocenters. The number of hydrogen-bond acceptors (Lipinski definition) is 5. The Kier molecular flexibility index (Phi) is 4.75. The van der Waals surface area contributed by atoms with Gasteiger partial charge in [-0.05, 0) is 42.0 Å². The van der Waals surface area contributed by atoms with E-state index in [9.17, 15) is 14.4 Å². The van der Waals surface area contributed by atoms with Crippen LogP contribution < -0.4 is 11.1 Å². The zero-order chi connectivity index (χ0) is 20.1. The number of nitrogens with two attached hydrogens (primary N) is 1. The van der Waals surface area contributed by atoms with Gasteiger partial charge < -0.3 is 10.6 Å². The van der Waals surface area contributed by atoms with Gasteiger partial charge in [-0.1, -0.05) is 26.0 Å². The monoisotopic (exact) mass is 384 g/mol. The van der Waals surface area contributed by atoms with Crippen molar-refractivity contribution in [3.05, 3.63) is 34.9 Å². The fraction of sp³-hybridized carbons (Fsp3) is 0.571. The number of hydrogen-bond donors (Lipinski definition) is 2. The maximum Gasteiger partial charge on any atom is 0.255 e. The van der Waals surface area contributed by atoms with Gasteiger partial charge in [-0.15, -0.1) is 0 Å². The van der Waals surface area contributed by atoms with Crippen molar-refractivity contribution in [3.63, 3.8) is 0 Å². The molecule has 3 amide bonds. The highest BCUT2D eigenvalue weighted by Crippen LogP contribution is 2.31.